The van der Waals surface area contributed by atoms with Gasteiger partial charge in [-0.2, -0.15) is 0 Å². The molecule has 0 aromatic heterocycles. The number of carbonyl (C=O) groups is 1. The first-order valence-corrected chi connectivity index (χ1v) is 8.04. The second-order valence-corrected chi connectivity index (χ2v) is 7.11. The van der Waals surface area contributed by atoms with Crippen molar-refractivity contribution in [3.05, 3.63) is 0 Å². The fourth-order valence-corrected chi connectivity index (χ4v) is 3.05. The molecular weight excluding hydrogens is 240 g/mol. The predicted octanol–water partition coefficient (Wildman–Crippen LogP) is 0.184. The summed E-state index contributed by atoms with van der Waals surface area (Å²) in [5, 5.41) is 2.96. The largest absolute Gasteiger partial charge is 0.356 e. The molecule has 0 atom stereocenters. The molecule has 0 unspecified atom stereocenters. The molecule has 1 N–H and O–H groups in total. The highest BCUT2D eigenvalue weighted by atomic mass is 32.2. The molecular formula is C11H20N2O3S. The molecule has 1 aliphatic carbocycles. The lowest BCUT2D eigenvalue weighted by atomic mass is 9.98. The number of rotatable bonds is 4. The summed E-state index contributed by atoms with van der Waals surface area (Å²) < 4.78 is 24.1. The lowest BCUT2D eigenvalue weighted by molar-refractivity contribution is -0.122. The first kappa shape index (κ1) is 12.8. The minimum Gasteiger partial charge on any atom is -0.356 e. The molecule has 0 aromatic rings. The lowest BCUT2D eigenvalue weighted by Crippen LogP contribution is -2.41. The zero-order chi connectivity index (χ0) is 12.5. The van der Waals surface area contributed by atoms with Gasteiger partial charge in [-0.05, 0) is 31.6 Å². The molecule has 2 rings (SSSR count). The van der Waals surface area contributed by atoms with Gasteiger partial charge in [-0.15, -0.1) is 0 Å². The molecule has 1 heterocycles. The second-order valence-electron chi connectivity index (χ2n) is 5.12. The van der Waals surface area contributed by atoms with E-state index in [1.165, 1.54) is 10.6 Å². The van der Waals surface area contributed by atoms with Crippen LogP contribution < -0.4 is 5.32 Å². The molecule has 1 aliphatic heterocycles. The van der Waals surface area contributed by atoms with Crippen LogP contribution >= 0.6 is 0 Å². The van der Waals surface area contributed by atoms with E-state index in [4.69, 9.17) is 0 Å². The summed E-state index contributed by atoms with van der Waals surface area (Å²) in [6.07, 6.45) is 4.99. The fourth-order valence-electron chi connectivity index (χ4n) is 2.18. The minimum atomic E-state index is -3.04. The fraction of sp³-hybridized carbons (Fsp3) is 0.909. The van der Waals surface area contributed by atoms with Crippen molar-refractivity contribution in [2.75, 3.05) is 25.9 Å². The number of carbonyl (C=O) groups excluding carboxylic acids is 1. The Hall–Kier alpha value is -0.620. The van der Waals surface area contributed by atoms with E-state index in [9.17, 15) is 13.2 Å². The molecule has 17 heavy (non-hydrogen) atoms. The van der Waals surface area contributed by atoms with Crippen LogP contribution in [0.3, 0.4) is 0 Å². The van der Waals surface area contributed by atoms with Gasteiger partial charge in [0.1, 0.15) is 0 Å². The number of amides is 1. The highest BCUT2D eigenvalue weighted by molar-refractivity contribution is 7.88. The zero-order valence-electron chi connectivity index (χ0n) is 10.2. The van der Waals surface area contributed by atoms with E-state index in [0.29, 0.717) is 25.6 Å². The highest BCUT2D eigenvalue weighted by Gasteiger charge is 2.30. The van der Waals surface area contributed by atoms with E-state index in [0.717, 1.165) is 25.7 Å². The first-order valence-electron chi connectivity index (χ1n) is 6.19. The summed E-state index contributed by atoms with van der Waals surface area (Å²) >= 11 is 0. The quantitative estimate of drug-likeness (QED) is 0.784. The monoisotopic (exact) mass is 260 g/mol. The molecule has 0 spiro atoms. The van der Waals surface area contributed by atoms with Crippen LogP contribution in [-0.4, -0.2) is 44.5 Å². The van der Waals surface area contributed by atoms with E-state index in [1.54, 1.807) is 0 Å². The number of sulfonamides is 1. The maximum Gasteiger partial charge on any atom is 0.223 e. The summed E-state index contributed by atoms with van der Waals surface area (Å²) in [6, 6.07) is 0. The van der Waals surface area contributed by atoms with E-state index in [1.807, 2.05) is 0 Å². The summed E-state index contributed by atoms with van der Waals surface area (Å²) in [7, 11) is -3.04. The van der Waals surface area contributed by atoms with E-state index < -0.39 is 10.0 Å². The average Bonchev–Trinajstić information content (AvgIpc) is 3.09. The molecule has 2 fully saturated rings. The SMILES string of the molecule is CS(=O)(=O)N1CCC(CNC(=O)C2CC2)CC1. The van der Waals surface area contributed by atoms with Gasteiger partial charge in [-0.25, -0.2) is 12.7 Å². The lowest BCUT2D eigenvalue weighted by Gasteiger charge is -2.30. The normalized spacial score (nSPS) is 23.6. The Labute approximate surface area is 103 Å². The summed E-state index contributed by atoms with van der Waals surface area (Å²) in [6.45, 7) is 1.87. The maximum atomic E-state index is 11.5. The standard InChI is InChI=1S/C11H20N2O3S/c1-17(15,16)13-6-4-9(5-7-13)8-12-11(14)10-2-3-10/h9-10H,2-8H2,1H3,(H,12,14). The van der Waals surface area contributed by atoms with Gasteiger partial charge in [0.2, 0.25) is 15.9 Å². The smallest absolute Gasteiger partial charge is 0.223 e. The van der Waals surface area contributed by atoms with Gasteiger partial charge in [0, 0.05) is 25.6 Å². The molecule has 2 aliphatic rings. The van der Waals surface area contributed by atoms with E-state index in [-0.39, 0.29) is 11.8 Å². The minimum absolute atomic E-state index is 0.176. The molecule has 1 amide bonds. The van der Waals surface area contributed by atoms with Crippen molar-refractivity contribution >= 4 is 15.9 Å². The van der Waals surface area contributed by atoms with Crippen LogP contribution in [0, 0.1) is 11.8 Å². The predicted molar refractivity (Wildman–Crippen MR) is 64.9 cm³/mol. The van der Waals surface area contributed by atoms with Crippen molar-refractivity contribution in [1.82, 2.24) is 9.62 Å². The Morgan fingerprint density at radius 2 is 1.82 bits per heavy atom. The van der Waals surface area contributed by atoms with Crippen molar-refractivity contribution in [1.29, 1.82) is 0 Å². The van der Waals surface area contributed by atoms with Gasteiger partial charge in [0.15, 0.2) is 0 Å². The van der Waals surface area contributed by atoms with Crippen LogP contribution in [0.1, 0.15) is 25.7 Å². The van der Waals surface area contributed by atoms with Gasteiger partial charge >= 0.3 is 0 Å². The van der Waals surface area contributed by atoms with Crippen molar-refractivity contribution in [3.8, 4) is 0 Å². The van der Waals surface area contributed by atoms with Crippen molar-refractivity contribution < 1.29 is 13.2 Å². The Kier molecular flexibility index (Phi) is 3.73. The summed E-state index contributed by atoms with van der Waals surface area (Å²) in [5.74, 6) is 0.859. The van der Waals surface area contributed by atoms with Crippen molar-refractivity contribution in [2.24, 2.45) is 11.8 Å². The maximum absolute atomic E-state index is 11.5. The molecule has 5 nitrogen and oxygen atoms in total. The third-order valence-corrected chi connectivity index (χ3v) is 4.86. The molecule has 0 radical (unpaired) electrons. The van der Waals surface area contributed by atoms with Crippen molar-refractivity contribution in [2.45, 2.75) is 25.7 Å². The van der Waals surface area contributed by atoms with E-state index in [2.05, 4.69) is 5.32 Å². The van der Waals surface area contributed by atoms with E-state index >= 15 is 0 Å². The van der Waals surface area contributed by atoms with Crippen LogP contribution in [0.2, 0.25) is 0 Å². The zero-order valence-corrected chi connectivity index (χ0v) is 11.0. The summed E-state index contributed by atoms with van der Waals surface area (Å²) in [4.78, 5) is 11.5. The van der Waals surface area contributed by atoms with Gasteiger partial charge in [-0.1, -0.05) is 0 Å². The second kappa shape index (κ2) is 4.94. The number of nitrogens with one attached hydrogen (secondary N) is 1. The third-order valence-electron chi connectivity index (χ3n) is 3.56. The summed E-state index contributed by atoms with van der Waals surface area (Å²) in [5.41, 5.74) is 0. The Morgan fingerprint density at radius 1 is 1.24 bits per heavy atom. The Morgan fingerprint density at radius 3 is 2.29 bits per heavy atom. The first-order chi connectivity index (χ1) is 7.97. The molecule has 98 valence electrons. The van der Waals surface area contributed by atoms with Crippen LogP contribution in [0.4, 0.5) is 0 Å². The molecule has 6 heteroatoms. The van der Waals surface area contributed by atoms with Gasteiger partial charge < -0.3 is 5.32 Å². The average molecular weight is 260 g/mol. The van der Waals surface area contributed by atoms with Crippen LogP contribution in [0.5, 0.6) is 0 Å². The highest BCUT2D eigenvalue weighted by Crippen LogP contribution is 2.29. The number of nitrogens with zero attached hydrogens (tertiary/aromatic N) is 1. The third kappa shape index (κ3) is 3.67. The topological polar surface area (TPSA) is 66.5 Å². The molecule has 0 aromatic carbocycles. The van der Waals surface area contributed by atoms with Crippen molar-refractivity contribution in [3.63, 3.8) is 0 Å². The number of hydrogen-bond acceptors (Lipinski definition) is 3. The Bertz CT molecular complexity index is 382. The Balaban J connectivity index is 1.70. The molecule has 0 bridgehead atoms. The van der Waals surface area contributed by atoms with Crippen LogP contribution in [-0.2, 0) is 14.8 Å². The van der Waals surface area contributed by atoms with Gasteiger partial charge in [0.25, 0.3) is 0 Å². The van der Waals surface area contributed by atoms with Crippen LogP contribution in [0.25, 0.3) is 0 Å². The number of hydrogen-bond donors (Lipinski definition) is 1. The molecule has 1 saturated carbocycles. The van der Waals surface area contributed by atoms with Crippen LogP contribution in [0.15, 0.2) is 0 Å². The van der Waals surface area contributed by atoms with Gasteiger partial charge in [0.05, 0.1) is 6.26 Å². The number of piperidine rings is 1. The van der Waals surface area contributed by atoms with Gasteiger partial charge in [-0.3, -0.25) is 4.79 Å². The molecule has 1 saturated heterocycles.